The van der Waals surface area contributed by atoms with Crippen molar-refractivity contribution in [3.63, 3.8) is 0 Å². The minimum absolute atomic E-state index is 0.228. The number of hydrogen-bond donors (Lipinski definition) is 0. The molecule has 0 saturated heterocycles. The molecule has 0 amide bonds. The lowest BCUT2D eigenvalue weighted by atomic mass is 10.0. The highest BCUT2D eigenvalue weighted by molar-refractivity contribution is 7.99. The number of pyridine rings is 1. The molecule has 0 aliphatic heterocycles. The van der Waals surface area contributed by atoms with Crippen molar-refractivity contribution in [2.45, 2.75) is 36.7 Å². The Kier molecular flexibility index (Phi) is 6.25. The first-order valence-electron chi connectivity index (χ1n) is 11.4. The number of thiophene rings is 1. The van der Waals surface area contributed by atoms with E-state index in [9.17, 15) is 14.8 Å². The molecule has 178 valence electrons. The Labute approximate surface area is 210 Å². The zero-order chi connectivity index (χ0) is 24.7. The van der Waals surface area contributed by atoms with Gasteiger partial charge < -0.3 is 5.21 Å². The van der Waals surface area contributed by atoms with Gasteiger partial charge in [0.2, 0.25) is 0 Å². The molecule has 0 spiro atoms. The van der Waals surface area contributed by atoms with Crippen molar-refractivity contribution in [1.29, 1.82) is 0 Å². The van der Waals surface area contributed by atoms with Gasteiger partial charge in [0.15, 0.2) is 6.20 Å². The standard InChI is InChI=1S/C27H25N3O3S2/c1-17(2)16-29-26-23(25(31)28(3)27(29)32)24(35-22-13-6-7-14-30(22)33)21(34-26)15-19-11-8-10-18-9-4-5-12-20(18)19/h4-14,17H,15-16H2,1-3H3. The van der Waals surface area contributed by atoms with E-state index in [0.717, 1.165) is 30.8 Å². The van der Waals surface area contributed by atoms with Crippen LogP contribution in [0.2, 0.25) is 0 Å². The van der Waals surface area contributed by atoms with Crippen LogP contribution in [0.15, 0.2) is 86.4 Å². The van der Waals surface area contributed by atoms with Crippen LogP contribution in [-0.4, -0.2) is 9.13 Å². The summed E-state index contributed by atoms with van der Waals surface area (Å²) in [4.78, 5) is 28.9. The van der Waals surface area contributed by atoms with E-state index < -0.39 is 0 Å². The molecule has 0 aliphatic rings. The third-order valence-corrected chi connectivity index (χ3v) is 8.49. The van der Waals surface area contributed by atoms with Gasteiger partial charge in [0.25, 0.3) is 10.6 Å². The van der Waals surface area contributed by atoms with Crippen molar-refractivity contribution < 1.29 is 4.73 Å². The van der Waals surface area contributed by atoms with E-state index in [-0.39, 0.29) is 17.2 Å². The number of aromatic nitrogens is 3. The molecule has 35 heavy (non-hydrogen) atoms. The molecule has 0 fully saturated rings. The SMILES string of the molecule is CC(C)Cn1c(=O)n(C)c(=O)c2c(Sc3cccc[n+]3[O-])c(Cc3cccc4ccccc34)sc21. The monoisotopic (exact) mass is 503 g/mol. The van der Waals surface area contributed by atoms with Crippen LogP contribution in [-0.2, 0) is 20.0 Å². The molecule has 0 radical (unpaired) electrons. The number of hydrogen-bond acceptors (Lipinski definition) is 5. The zero-order valence-corrected chi connectivity index (χ0v) is 21.4. The average molecular weight is 504 g/mol. The molecular formula is C27H25N3O3S2. The predicted molar refractivity (Wildman–Crippen MR) is 142 cm³/mol. The second-order valence-corrected chi connectivity index (χ2v) is 11.1. The molecule has 3 aromatic heterocycles. The summed E-state index contributed by atoms with van der Waals surface area (Å²) in [6, 6.07) is 19.7. The van der Waals surface area contributed by atoms with Gasteiger partial charge in [-0.1, -0.05) is 56.3 Å². The number of nitrogens with zero attached hydrogens (tertiary/aromatic N) is 3. The van der Waals surface area contributed by atoms with Crippen LogP contribution in [0.4, 0.5) is 0 Å². The summed E-state index contributed by atoms with van der Waals surface area (Å²) in [5.41, 5.74) is 0.486. The number of rotatable bonds is 6. The molecule has 0 N–H and O–H groups in total. The fourth-order valence-corrected chi connectivity index (χ4v) is 6.82. The van der Waals surface area contributed by atoms with Crippen LogP contribution in [0.25, 0.3) is 21.0 Å². The van der Waals surface area contributed by atoms with Gasteiger partial charge >= 0.3 is 5.69 Å². The Morgan fingerprint density at radius 3 is 2.54 bits per heavy atom. The van der Waals surface area contributed by atoms with Gasteiger partial charge in [-0.25, -0.2) is 4.79 Å². The fourth-order valence-electron chi connectivity index (χ4n) is 4.32. The maximum atomic E-state index is 13.4. The lowest BCUT2D eigenvalue weighted by Crippen LogP contribution is -2.38. The van der Waals surface area contributed by atoms with Crippen molar-refractivity contribution >= 4 is 44.1 Å². The van der Waals surface area contributed by atoms with E-state index in [2.05, 4.69) is 24.3 Å². The van der Waals surface area contributed by atoms with Crippen LogP contribution in [0.5, 0.6) is 0 Å². The first kappa shape index (κ1) is 23.4. The maximum absolute atomic E-state index is 13.4. The average Bonchev–Trinajstić information content (AvgIpc) is 3.19. The fraction of sp³-hybridized carbons (Fsp3) is 0.222. The minimum atomic E-state index is -0.332. The van der Waals surface area contributed by atoms with Crippen LogP contribution in [0, 0.1) is 11.1 Å². The molecule has 5 aromatic rings. The highest BCUT2D eigenvalue weighted by atomic mass is 32.2. The molecule has 0 saturated carbocycles. The predicted octanol–water partition coefficient (Wildman–Crippen LogP) is 4.95. The van der Waals surface area contributed by atoms with Crippen LogP contribution in [0.3, 0.4) is 0 Å². The second kappa shape index (κ2) is 9.36. The topological polar surface area (TPSA) is 70.9 Å². The molecule has 6 nitrogen and oxygen atoms in total. The Morgan fingerprint density at radius 2 is 1.77 bits per heavy atom. The number of benzene rings is 2. The first-order valence-corrected chi connectivity index (χ1v) is 13.1. The van der Waals surface area contributed by atoms with Crippen LogP contribution in [0.1, 0.15) is 24.3 Å². The Balaban J connectivity index is 1.79. The van der Waals surface area contributed by atoms with Gasteiger partial charge in [-0.3, -0.25) is 13.9 Å². The highest BCUT2D eigenvalue weighted by Gasteiger charge is 2.24. The van der Waals surface area contributed by atoms with E-state index >= 15 is 0 Å². The van der Waals surface area contributed by atoms with Gasteiger partial charge in [-0.15, -0.1) is 11.3 Å². The van der Waals surface area contributed by atoms with Crippen molar-refractivity contribution in [2.24, 2.45) is 13.0 Å². The van der Waals surface area contributed by atoms with Crippen molar-refractivity contribution in [1.82, 2.24) is 9.13 Å². The van der Waals surface area contributed by atoms with Crippen molar-refractivity contribution in [2.75, 3.05) is 0 Å². The molecule has 2 aromatic carbocycles. The van der Waals surface area contributed by atoms with Gasteiger partial charge in [0.05, 0.1) is 5.39 Å². The van der Waals surface area contributed by atoms with Gasteiger partial charge in [-0.2, -0.15) is 4.73 Å². The molecular weight excluding hydrogens is 478 g/mol. The van der Waals surface area contributed by atoms with E-state index in [1.807, 2.05) is 38.1 Å². The van der Waals surface area contributed by atoms with Crippen LogP contribution < -0.4 is 16.0 Å². The summed E-state index contributed by atoms with van der Waals surface area (Å²) in [6.45, 7) is 4.61. The summed E-state index contributed by atoms with van der Waals surface area (Å²) < 4.78 is 3.70. The third-order valence-electron chi connectivity index (χ3n) is 5.97. The Bertz CT molecular complexity index is 1680. The Morgan fingerprint density at radius 1 is 1.03 bits per heavy atom. The van der Waals surface area contributed by atoms with E-state index in [1.165, 1.54) is 40.9 Å². The molecule has 5 rings (SSSR count). The zero-order valence-electron chi connectivity index (χ0n) is 19.7. The maximum Gasteiger partial charge on any atom is 0.331 e. The smallest absolute Gasteiger partial charge is 0.331 e. The Hall–Kier alpha value is -3.36. The summed E-state index contributed by atoms with van der Waals surface area (Å²) in [7, 11) is 1.52. The molecule has 3 heterocycles. The third kappa shape index (κ3) is 4.28. The van der Waals surface area contributed by atoms with E-state index in [0.29, 0.717) is 28.2 Å². The van der Waals surface area contributed by atoms with Crippen LogP contribution >= 0.6 is 23.1 Å². The normalized spacial score (nSPS) is 11.7. The summed E-state index contributed by atoms with van der Waals surface area (Å²) >= 11 is 2.77. The number of fused-ring (bicyclic) bond motifs is 2. The summed E-state index contributed by atoms with van der Waals surface area (Å²) in [5, 5.41) is 15.8. The first-order chi connectivity index (χ1) is 16.8. The van der Waals surface area contributed by atoms with Gasteiger partial charge in [0, 0.05) is 41.9 Å². The summed E-state index contributed by atoms with van der Waals surface area (Å²) in [6.07, 6.45) is 2.04. The van der Waals surface area contributed by atoms with Gasteiger partial charge in [-0.05, 0) is 40.1 Å². The molecule has 0 aliphatic carbocycles. The largest absolute Gasteiger partial charge is 0.618 e. The highest BCUT2D eigenvalue weighted by Crippen LogP contribution is 2.40. The van der Waals surface area contributed by atoms with E-state index in [1.54, 1.807) is 16.7 Å². The second-order valence-electron chi connectivity index (χ2n) is 8.97. The van der Waals surface area contributed by atoms with Crippen molar-refractivity contribution in [3.8, 4) is 0 Å². The summed E-state index contributed by atoms with van der Waals surface area (Å²) in [5.74, 6) is 0.228. The molecule has 0 unspecified atom stereocenters. The van der Waals surface area contributed by atoms with E-state index in [4.69, 9.17) is 0 Å². The lowest BCUT2D eigenvalue weighted by Gasteiger charge is -2.11. The quantitative estimate of drug-likeness (QED) is 0.243. The van der Waals surface area contributed by atoms with Gasteiger partial charge in [0.1, 0.15) is 4.83 Å². The van der Waals surface area contributed by atoms with Crippen molar-refractivity contribution in [3.05, 3.63) is 103 Å². The molecule has 0 bridgehead atoms. The molecule has 0 atom stereocenters. The minimum Gasteiger partial charge on any atom is -0.618 e. The lowest BCUT2D eigenvalue weighted by molar-refractivity contribution is -0.645. The molecule has 8 heteroatoms.